The van der Waals surface area contributed by atoms with Gasteiger partial charge in [-0.25, -0.2) is 9.78 Å². The van der Waals surface area contributed by atoms with Gasteiger partial charge in [-0.15, -0.1) is 0 Å². The maximum atomic E-state index is 13.8. The molecule has 13 heteroatoms. The number of esters is 1. The van der Waals surface area contributed by atoms with Crippen molar-refractivity contribution in [3.63, 3.8) is 0 Å². The fourth-order valence-corrected chi connectivity index (χ4v) is 5.18. The normalized spacial score (nSPS) is 10.7. The second-order valence-corrected chi connectivity index (χ2v) is 9.94. The van der Waals surface area contributed by atoms with Gasteiger partial charge in [0, 0.05) is 25.2 Å². The van der Waals surface area contributed by atoms with Gasteiger partial charge in [0.2, 0.25) is 0 Å². The Morgan fingerprint density at radius 1 is 1.00 bits per heavy atom. The van der Waals surface area contributed by atoms with Crippen LogP contribution in [0, 0.1) is 10.1 Å². The van der Waals surface area contributed by atoms with Gasteiger partial charge in [0.15, 0.2) is 11.4 Å². The van der Waals surface area contributed by atoms with Gasteiger partial charge in [-0.1, -0.05) is 35.9 Å². The number of hydrogen-bond acceptors (Lipinski definition) is 9. The number of rotatable bonds is 10. The second-order valence-electron chi connectivity index (χ2n) is 8.68. The molecular weight excluding hydrogens is 620 g/mol. The zero-order chi connectivity index (χ0) is 29.7. The fraction of sp³-hybridized carbons (Fsp3) is 0.179. The van der Waals surface area contributed by atoms with Crippen LogP contribution in [0.3, 0.4) is 0 Å². The highest BCUT2D eigenvalue weighted by Crippen LogP contribution is 2.33. The molecule has 0 aliphatic heterocycles. The van der Waals surface area contributed by atoms with Gasteiger partial charge in [-0.3, -0.25) is 19.5 Å². The molecule has 0 N–H and O–H groups in total. The lowest BCUT2D eigenvalue weighted by Gasteiger charge is -2.26. The van der Waals surface area contributed by atoms with E-state index in [1.165, 1.54) is 12.4 Å². The molecule has 212 valence electrons. The lowest BCUT2D eigenvalue weighted by molar-refractivity contribution is -0.384. The van der Waals surface area contributed by atoms with Gasteiger partial charge in [-0.2, -0.15) is 0 Å². The minimum Gasteiger partial charge on any atom is -0.497 e. The number of methoxy groups -OCH3 is 3. The number of anilines is 1. The molecule has 0 aliphatic rings. The molecule has 1 heterocycles. The first-order valence-corrected chi connectivity index (χ1v) is 13.2. The SMILES string of the molecule is COC(=O)c1c(N(Cc2ccc(OC)cc2)Cc2ccc(OC)cc2)ncn(-c2c(Cl)cc([N+](=O)[O-])cc2Br)c1=O. The maximum absolute atomic E-state index is 13.8. The van der Waals surface area contributed by atoms with Crippen molar-refractivity contribution in [2.24, 2.45) is 0 Å². The number of nitro groups is 1. The first-order chi connectivity index (χ1) is 19.7. The average Bonchev–Trinajstić information content (AvgIpc) is 2.97. The summed E-state index contributed by atoms with van der Waals surface area (Å²) in [4.78, 5) is 43.8. The zero-order valence-corrected chi connectivity index (χ0v) is 24.5. The number of hydrogen-bond donors (Lipinski definition) is 0. The number of aromatic nitrogens is 2. The minimum absolute atomic E-state index is 0.0823. The molecule has 1 aromatic heterocycles. The highest BCUT2D eigenvalue weighted by atomic mass is 79.9. The summed E-state index contributed by atoms with van der Waals surface area (Å²) in [6, 6.07) is 17.0. The van der Waals surface area contributed by atoms with Gasteiger partial charge in [0.05, 0.1) is 41.4 Å². The Kier molecular flexibility index (Phi) is 9.25. The predicted molar refractivity (Wildman–Crippen MR) is 156 cm³/mol. The Morgan fingerprint density at radius 2 is 1.54 bits per heavy atom. The molecule has 11 nitrogen and oxygen atoms in total. The number of nitro benzene ring substituents is 1. The van der Waals surface area contributed by atoms with Crippen molar-refractivity contribution < 1.29 is 23.9 Å². The van der Waals surface area contributed by atoms with Crippen LogP contribution in [0.5, 0.6) is 11.5 Å². The molecule has 41 heavy (non-hydrogen) atoms. The van der Waals surface area contributed by atoms with Crippen LogP contribution in [0.4, 0.5) is 11.5 Å². The molecule has 0 spiro atoms. The molecule has 0 saturated carbocycles. The summed E-state index contributed by atoms with van der Waals surface area (Å²) >= 11 is 9.60. The van der Waals surface area contributed by atoms with Gasteiger partial charge >= 0.3 is 5.97 Å². The van der Waals surface area contributed by atoms with Crippen molar-refractivity contribution in [2.75, 3.05) is 26.2 Å². The monoisotopic (exact) mass is 642 g/mol. The molecule has 3 aromatic carbocycles. The summed E-state index contributed by atoms with van der Waals surface area (Å²) in [7, 11) is 4.30. The van der Waals surface area contributed by atoms with Crippen molar-refractivity contribution in [3.8, 4) is 17.2 Å². The van der Waals surface area contributed by atoms with Crippen LogP contribution in [0.25, 0.3) is 5.69 Å². The zero-order valence-electron chi connectivity index (χ0n) is 22.2. The molecule has 4 aromatic rings. The van der Waals surface area contributed by atoms with Crippen LogP contribution in [-0.2, 0) is 17.8 Å². The van der Waals surface area contributed by atoms with Crippen molar-refractivity contribution in [2.45, 2.75) is 13.1 Å². The number of non-ortho nitro benzene ring substituents is 1. The first kappa shape index (κ1) is 29.6. The molecule has 0 atom stereocenters. The van der Waals surface area contributed by atoms with Gasteiger partial charge in [0.25, 0.3) is 11.2 Å². The fourth-order valence-electron chi connectivity index (χ4n) is 4.12. The highest BCUT2D eigenvalue weighted by Gasteiger charge is 2.27. The molecule has 4 rings (SSSR count). The van der Waals surface area contributed by atoms with Crippen LogP contribution >= 0.6 is 27.5 Å². The first-order valence-electron chi connectivity index (χ1n) is 12.0. The van der Waals surface area contributed by atoms with Crippen LogP contribution in [0.2, 0.25) is 5.02 Å². The van der Waals surface area contributed by atoms with Gasteiger partial charge in [-0.05, 0) is 51.3 Å². The Balaban J connectivity index is 1.87. The Hall–Kier alpha value is -4.42. The van der Waals surface area contributed by atoms with Crippen LogP contribution in [0.15, 0.2) is 76.3 Å². The number of carbonyl (C=O) groups excluding carboxylic acids is 1. The summed E-state index contributed by atoms with van der Waals surface area (Å²) in [6.45, 7) is 0.552. The van der Waals surface area contributed by atoms with E-state index in [1.54, 1.807) is 19.1 Å². The quantitative estimate of drug-likeness (QED) is 0.124. The topological polar surface area (TPSA) is 126 Å². The van der Waals surface area contributed by atoms with E-state index in [0.717, 1.165) is 28.9 Å². The molecule has 0 radical (unpaired) electrons. The van der Waals surface area contributed by atoms with E-state index in [1.807, 2.05) is 48.5 Å². The minimum atomic E-state index is -0.907. The number of halogens is 2. The van der Waals surface area contributed by atoms with E-state index in [4.69, 9.17) is 25.8 Å². The largest absolute Gasteiger partial charge is 0.497 e. The van der Waals surface area contributed by atoms with E-state index in [9.17, 15) is 19.7 Å². The van der Waals surface area contributed by atoms with E-state index in [-0.39, 0.29) is 45.3 Å². The smallest absolute Gasteiger partial charge is 0.347 e. The standard InChI is InChI=1S/C28H24BrClN4O7/c1-39-20-8-4-17(5-9-20)14-32(15-18-6-10-21(40-2)11-7-18)26-24(28(36)41-3)27(35)33(16-31-26)25-22(29)12-19(34(37)38)13-23(25)30/h4-13,16H,14-15H2,1-3H3. The van der Waals surface area contributed by atoms with E-state index < -0.39 is 16.5 Å². The lowest BCUT2D eigenvalue weighted by atomic mass is 10.1. The maximum Gasteiger partial charge on any atom is 0.347 e. The number of nitrogens with zero attached hydrogens (tertiary/aromatic N) is 4. The van der Waals surface area contributed by atoms with Gasteiger partial charge < -0.3 is 19.1 Å². The molecule has 0 amide bonds. The summed E-state index contributed by atoms with van der Waals surface area (Å²) in [6.07, 6.45) is 1.22. The lowest BCUT2D eigenvalue weighted by Crippen LogP contribution is -2.33. The Bertz CT molecular complexity index is 1570. The average molecular weight is 644 g/mol. The highest BCUT2D eigenvalue weighted by molar-refractivity contribution is 9.10. The van der Waals surface area contributed by atoms with Gasteiger partial charge in [0.1, 0.15) is 17.8 Å². The summed E-state index contributed by atoms with van der Waals surface area (Å²) in [5.41, 5.74) is 0.431. The Morgan fingerprint density at radius 3 is 1.98 bits per heavy atom. The van der Waals surface area contributed by atoms with E-state index >= 15 is 0 Å². The third kappa shape index (κ3) is 6.50. The van der Waals surface area contributed by atoms with Crippen molar-refractivity contribution >= 4 is 45.0 Å². The molecule has 0 bridgehead atoms. The predicted octanol–water partition coefficient (Wildman–Crippen LogP) is 5.57. The molecule has 0 fully saturated rings. The molecule has 0 aliphatic carbocycles. The molecular formula is C28H24BrClN4O7. The Labute approximate surface area is 248 Å². The number of benzene rings is 3. The van der Waals surface area contributed by atoms with Crippen LogP contribution in [0.1, 0.15) is 21.5 Å². The van der Waals surface area contributed by atoms with Crippen LogP contribution in [-0.4, -0.2) is 41.8 Å². The van der Waals surface area contributed by atoms with E-state index in [0.29, 0.717) is 11.5 Å². The summed E-state index contributed by atoms with van der Waals surface area (Å²) in [5, 5.41) is 11.2. The second kappa shape index (κ2) is 12.8. The summed E-state index contributed by atoms with van der Waals surface area (Å²) < 4.78 is 16.7. The molecule has 0 unspecified atom stereocenters. The van der Waals surface area contributed by atoms with Crippen molar-refractivity contribution in [1.29, 1.82) is 0 Å². The number of carbonyl (C=O) groups is 1. The third-order valence-corrected chi connectivity index (χ3v) is 7.05. The third-order valence-electron chi connectivity index (χ3n) is 6.16. The number of ether oxygens (including phenoxy) is 3. The van der Waals surface area contributed by atoms with Crippen molar-refractivity contribution in [3.05, 3.63) is 114 Å². The van der Waals surface area contributed by atoms with E-state index in [2.05, 4.69) is 20.9 Å². The van der Waals surface area contributed by atoms with Crippen LogP contribution < -0.4 is 19.9 Å². The summed E-state index contributed by atoms with van der Waals surface area (Å²) in [5.74, 6) is 0.531. The van der Waals surface area contributed by atoms with Crippen molar-refractivity contribution in [1.82, 2.24) is 9.55 Å². The molecule has 0 saturated heterocycles.